The fraction of sp³-hybridized carbons (Fsp3) is 0.0714. The van der Waals surface area contributed by atoms with Gasteiger partial charge >= 0.3 is 0 Å². The molecule has 0 saturated heterocycles. The highest BCUT2D eigenvalue weighted by atomic mass is 16.1. The first-order valence-corrected chi connectivity index (χ1v) is 5.81. The van der Waals surface area contributed by atoms with E-state index in [-0.39, 0.29) is 5.56 Å². The highest BCUT2D eigenvalue weighted by Crippen LogP contribution is 2.09. The van der Waals surface area contributed by atoms with Crippen LogP contribution in [0.2, 0.25) is 0 Å². The molecule has 0 aliphatic rings. The lowest BCUT2D eigenvalue weighted by molar-refractivity contribution is 0.840. The van der Waals surface area contributed by atoms with Crippen LogP contribution >= 0.6 is 0 Å². The van der Waals surface area contributed by atoms with E-state index in [9.17, 15) is 4.79 Å². The van der Waals surface area contributed by atoms with Gasteiger partial charge in [-0.05, 0) is 29.7 Å². The number of hydrogen-bond donors (Lipinski definition) is 2. The Morgan fingerprint density at radius 2 is 1.89 bits per heavy atom. The summed E-state index contributed by atoms with van der Waals surface area (Å²) in [5.74, 6) is 0. The Bertz CT molecular complexity index is 713. The van der Waals surface area contributed by atoms with E-state index in [1.165, 1.54) is 0 Å². The summed E-state index contributed by atoms with van der Waals surface area (Å²) >= 11 is 0. The molecule has 4 nitrogen and oxygen atoms in total. The molecule has 4 heteroatoms. The van der Waals surface area contributed by atoms with E-state index in [4.69, 9.17) is 0 Å². The molecule has 2 heterocycles. The standard InChI is InChI=1S/C14H13N3O/c18-14-12(10-15-17-7-3-4-8-17)9-11-5-1-2-6-13(11)16-14/h1-9,15H,10H2,(H,16,18). The van der Waals surface area contributed by atoms with Crippen LogP contribution < -0.4 is 11.0 Å². The zero-order valence-electron chi connectivity index (χ0n) is 9.76. The van der Waals surface area contributed by atoms with E-state index >= 15 is 0 Å². The second-order valence-electron chi connectivity index (χ2n) is 4.14. The molecular weight excluding hydrogens is 226 g/mol. The van der Waals surface area contributed by atoms with E-state index in [0.717, 1.165) is 16.5 Å². The zero-order valence-corrected chi connectivity index (χ0v) is 9.76. The van der Waals surface area contributed by atoms with E-state index in [0.29, 0.717) is 6.54 Å². The van der Waals surface area contributed by atoms with Gasteiger partial charge in [0.15, 0.2) is 0 Å². The Kier molecular flexibility index (Phi) is 2.61. The van der Waals surface area contributed by atoms with Crippen LogP contribution in [0.1, 0.15) is 5.56 Å². The summed E-state index contributed by atoms with van der Waals surface area (Å²) in [5.41, 5.74) is 4.69. The van der Waals surface area contributed by atoms with Gasteiger partial charge in [-0.15, -0.1) is 0 Å². The molecule has 0 bridgehead atoms. The normalized spacial score (nSPS) is 10.7. The average Bonchev–Trinajstić information content (AvgIpc) is 2.89. The van der Waals surface area contributed by atoms with Crippen molar-refractivity contribution in [1.82, 2.24) is 9.66 Å². The lowest BCUT2D eigenvalue weighted by atomic mass is 10.1. The molecule has 0 amide bonds. The second kappa shape index (κ2) is 4.41. The van der Waals surface area contributed by atoms with Gasteiger partial charge in [0.1, 0.15) is 0 Å². The maximum absolute atomic E-state index is 11.9. The Labute approximate surface area is 104 Å². The lowest BCUT2D eigenvalue weighted by Crippen LogP contribution is -2.19. The highest BCUT2D eigenvalue weighted by molar-refractivity contribution is 5.78. The van der Waals surface area contributed by atoms with E-state index in [1.807, 2.05) is 59.5 Å². The minimum Gasteiger partial charge on any atom is -0.322 e. The Morgan fingerprint density at radius 3 is 2.72 bits per heavy atom. The summed E-state index contributed by atoms with van der Waals surface area (Å²) in [6.07, 6.45) is 3.80. The van der Waals surface area contributed by atoms with Crippen LogP contribution in [-0.4, -0.2) is 9.66 Å². The third-order valence-corrected chi connectivity index (χ3v) is 2.89. The molecule has 0 unspecified atom stereocenters. The van der Waals surface area contributed by atoms with Crippen LogP contribution in [0.5, 0.6) is 0 Å². The molecule has 0 saturated carbocycles. The number of aromatic nitrogens is 2. The molecule has 2 aromatic heterocycles. The van der Waals surface area contributed by atoms with E-state index in [1.54, 1.807) is 0 Å². The maximum Gasteiger partial charge on any atom is 0.253 e. The summed E-state index contributed by atoms with van der Waals surface area (Å²) < 4.78 is 1.83. The number of aromatic amines is 1. The Balaban J connectivity index is 1.92. The SMILES string of the molecule is O=c1[nH]c2ccccc2cc1CNn1cccc1. The van der Waals surface area contributed by atoms with Crippen LogP contribution in [0, 0.1) is 0 Å². The Hall–Kier alpha value is -2.49. The van der Waals surface area contributed by atoms with Crippen LogP contribution in [-0.2, 0) is 6.54 Å². The molecular formula is C14H13N3O. The summed E-state index contributed by atoms with van der Waals surface area (Å²) in [4.78, 5) is 14.8. The molecule has 0 aliphatic carbocycles. The van der Waals surface area contributed by atoms with Gasteiger partial charge in [-0.3, -0.25) is 9.47 Å². The van der Waals surface area contributed by atoms with Crippen molar-refractivity contribution in [3.05, 3.63) is 70.8 Å². The van der Waals surface area contributed by atoms with E-state index in [2.05, 4.69) is 10.4 Å². The lowest BCUT2D eigenvalue weighted by Gasteiger charge is -2.07. The highest BCUT2D eigenvalue weighted by Gasteiger charge is 2.02. The molecule has 3 aromatic rings. The first kappa shape index (κ1) is 10.7. The van der Waals surface area contributed by atoms with Gasteiger partial charge in [0.2, 0.25) is 0 Å². The van der Waals surface area contributed by atoms with Gasteiger partial charge in [0.25, 0.3) is 5.56 Å². The van der Waals surface area contributed by atoms with Crippen molar-refractivity contribution >= 4 is 10.9 Å². The first-order valence-electron chi connectivity index (χ1n) is 5.81. The average molecular weight is 239 g/mol. The number of hydrogen-bond acceptors (Lipinski definition) is 2. The van der Waals surface area contributed by atoms with Gasteiger partial charge in [-0.1, -0.05) is 18.2 Å². The number of rotatable bonds is 3. The molecule has 0 radical (unpaired) electrons. The molecule has 90 valence electrons. The molecule has 0 fully saturated rings. The number of pyridine rings is 1. The van der Waals surface area contributed by atoms with Gasteiger partial charge in [-0.25, -0.2) is 0 Å². The van der Waals surface area contributed by atoms with Crippen LogP contribution in [0.4, 0.5) is 0 Å². The third-order valence-electron chi connectivity index (χ3n) is 2.89. The van der Waals surface area contributed by atoms with Gasteiger partial charge < -0.3 is 10.4 Å². The fourth-order valence-electron chi connectivity index (χ4n) is 1.94. The Morgan fingerprint density at radius 1 is 1.11 bits per heavy atom. The van der Waals surface area contributed by atoms with Crippen molar-refractivity contribution in [2.24, 2.45) is 0 Å². The summed E-state index contributed by atoms with van der Waals surface area (Å²) in [5, 5.41) is 1.04. The quantitative estimate of drug-likeness (QED) is 0.735. The van der Waals surface area contributed by atoms with Gasteiger partial charge in [-0.2, -0.15) is 0 Å². The largest absolute Gasteiger partial charge is 0.322 e. The third kappa shape index (κ3) is 2.00. The van der Waals surface area contributed by atoms with Crippen molar-refractivity contribution in [1.29, 1.82) is 0 Å². The van der Waals surface area contributed by atoms with Crippen molar-refractivity contribution in [3.63, 3.8) is 0 Å². The van der Waals surface area contributed by atoms with Crippen LogP contribution in [0.3, 0.4) is 0 Å². The molecule has 18 heavy (non-hydrogen) atoms. The number of fused-ring (bicyclic) bond motifs is 1. The molecule has 3 rings (SSSR count). The van der Waals surface area contributed by atoms with Crippen molar-refractivity contribution in [2.45, 2.75) is 6.54 Å². The van der Waals surface area contributed by atoms with Crippen LogP contribution in [0.15, 0.2) is 59.7 Å². The van der Waals surface area contributed by atoms with E-state index < -0.39 is 0 Å². The molecule has 2 N–H and O–H groups in total. The van der Waals surface area contributed by atoms with Gasteiger partial charge in [0.05, 0.1) is 6.54 Å². The number of H-pyrrole nitrogens is 1. The van der Waals surface area contributed by atoms with Crippen molar-refractivity contribution < 1.29 is 0 Å². The summed E-state index contributed by atoms with van der Waals surface area (Å²) in [7, 11) is 0. The number of benzene rings is 1. The minimum atomic E-state index is -0.0478. The first-order chi connectivity index (χ1) is 8.83. The summed E-state index contributed by atoms with van der Waals surface area (Å²) in [6.45, 7) is 0.495. The minimum absolute atomic E-state index is 0.0478. The smallest absolute Gasteiger partial charge is 0.253 e. The van der Waals surface area contributed by atoms with Gasteiger partial charge in [0, 0.05) is 23.5 Å². The predicted molar refractivity (Wildman–Crippen MR) is 72.1 cm³/mol. The molecule has 0 aliphatic heterocycles. The topological polar surface area (TPSA) is 49.8 Å². The van der Waals surface area contributed by atoms with Crippen LogP contribution in [0.25, 0.3) is 10.9 Å². The fourth-order valence-corrected chi connectivity index (χ4v) is 1.94. The molecule has 0 spiro atoms. The number of nitrogens with zero attached hydrogens (tertiary/aromatic N) is 1. The number of nitrogens with one attached hydrogen (secondary N) is 2. The number of para-hydroxylation sites is 1. The molecule has 1 aromatic carbocycles. The zero-order chi connectivity index (χ0) is 12.4. The second-order valence-corrected chi connectivity index (χ2v) is 4.14. The summed E-state index contributed by atoms with van der Waals surface area (Å²) in [6, 6.07) is 13.5. The van der Waals surface area contributed by atoms with Crippen molar-refractivity contribution in [2.75, 3.05) is 5.43 Å². The predicted octanol–water partition coefficient (Wildman–Crippen LogP) is 2.07. The maximum atomic E-state index is 11.9. The van der Waals surface area contributed by atoms with Crippen molar-refractivity contribution in [3.8, 4) is 0 Å². The monoisotopic (exact) mass is 239 g/mol. The molecule has 0 atom stereocenters.